The lowest BCUT2D eigenvalue weighted by atomic mass is 9.92. The molecule has 10 heteroatoms. The quantitative estimate of drug-likeness (QED) is 0.564. The van der Waals surface area contributed by atoms with E-state index in [1.807, 2.05) is 0 Å². The molecule has 1 aromatic heterocycles. The number of rotatable bonds is 6. The largest absolute Gasteiger partial charge is 0.435 e. The van der Waals surface area contributed by atoms with Crippen molar-refractivity contribution in [1.29, 1.82) is 0 Å². The van der Waals surface area contributed by atoms with Gasteiger partial charge in [-0.05, 0) is 36.8 Å². The number of halogens is 3. The van der Waals surface area contributed by atoms with E-state index in [9.17, 15) is 22.8 Å². The Bertz CT molecular complexity index is 1140. The fraction of sp³-hybridized carbons (Fsp3) is 0.190. The predicted molar refractivity (Wildman–Crippen MR) is 107 cm³/mol. The van der Waals surface area contributed by atoms with Crippen molar-refractivity contribution < 1.29 is 27.5 Å². The monoisotopic (exact) mass is 447 g/mol. The van der Waals surface area contributed by atoms with E-state index in [0.717, 1.165) is 4.90 Å². The van der Waals surface area contributed by atoms with Crippen molar-refractivity contribution in [2.75, 3.05) is 0 Å². The third-order valence-corrected chi connectivity index (χ3v) is 5.83. The minimum absolute atomic E-state index is 0.0564. The molecule has 1 saturated heterocycles. The summed E-state index contributed by atoms with van der Waals surface area (Å²) in [6.07, 6.45) is 0. The minimum atomic E-state index is -2.96. The van der Waals surface area contributed by atoms with E-state index in [1.165, 1.54) is 48.6 Å². The SMILES string of the molecule is CC1(c2ccc(OC(F)F)cc2)NC(=O)N(Cc2csc(-c3ccccc3F)n2)C1=O. The van der Waals surface area contributed by atoms with E-state index in [1.54, 1.807) is 23.6 Å². The van der Waals surface area contributed by atoms with Gasteiger partial charge in [0.05, 0.1) is 12.2 Å². The van der Waals surface area contributed by atoms with Crippen LogP contribution in [-0.4, -0.2) is 28.4 Å². The van der Waals surface area contributed by atoms with Crippen molar-refractivity contribution >= 4 is 23.3 Å². The second-order valence-electron chi connectivity index (χ2n) is 6.97. The van der Waals surface area contributed by atoms with Gasteiger partial charge < -0.3 is 10.1 Å². The Balaban J connectivity index is 1.53. The molecule has 2 aromatic carbocycles. The van der Waals surface area contributed by atoms with Gasteiger partial charge in [-0.3, -0.25) is 9.69 Å². The first kappa shape index (κ1) is 20.9. The van der Waals surface area contributed by atoms with Crippen molar-refractivity contribution in [3.05, 3.63) is 71.0 Å². The van der Waals surface area contributed by atoms with Crippen LogP contribution in [0.2, 0.25) is 0 Å². The molecule has 4 rings (SSSR count). The summed E-state index contributed by atoms with van der Waals surface area (Å²) in [4.78, 5) is 30.9. The molecule has 1 unspecified atom stereocenters. The van der Waals surface area contributed by atoms with Gasteiger partial charge in [-0.25, -0.2) is 14.2 Å². The van der Waals surface area contributed by atoms with Gasteiger partial charge in [0.1, 0.15) is 22.1 Å². The summed E-state index contributed by atoms with van der Waals surface area (Å²) < 4.78 is 43.0. The first-order chi connectivity index (χ1) is 14.8. The molecular formula is C21H16F3N3O3S. The molecule has 6 nitrogen and oxygen atoms in total. The highest BCUT2D eigenvalue weighted by Gasteiger charge is 2.49. The average molecular weight is 447 g/mol. The van der Waals surface area contributed by atoms with Gasteiger partial charge in [-0.2, -0.15) is 8.78 Å². The number of amides is 3. The summed E-state index contributed by atoms with van der Waals surface area (Å²) in [6.45, 7) is -1.52. The zero-order chi connectivity index (χ0) is 22.2. The molecule has 1 fully saturated rings. The standard InChI is InChI=1S/C21H16F3N3O3S/c1-21(12-6-8-14(9-7-12)30-19(23)24)18(28)27(20(29)26-21)10-13-11-31-17(25-13)15-4-2-3-5-16(15)22/h2-9,11,19H,10H2,1H3,(H,26,29). The number of hydrogen-bond donors (Lipinski definition) is 1. The van der Waals surface area contributed by atoms with Gasteiger partial charge >= 0.3 is 12.6 Å². The topological polar surface area (TPSA) is 71.5 Å². The van der Waals surface area contributed by atoms with Crippen LogP contribution in [0.15, 0.2) is 53.9 Å². The molecule has 0 spiro atoms. The fourth-order valence-corrected chi connectivity index (χ4v) is 4.14. The van der Waals surface area contributed by atoms with Crippen LogP contribution in [0.5, 0.6) is 5.75 Å². The molecule has 2 heterocycles. The van der Waals surface area contributed by atoms with Gasteiger partial charge in [0, 0.05) is 10.9 Å². The van der Waals surface area contributed by atoms with Crippen molar-refractivity contribution in [2.45, 2.75) is 25.6 Å². The molecular weight excluding hydrogens is 431 g/mol. The molecule has 0 radical (unpaired) electrons. The molecule has 1 atom stereocenters. The van der Waals surface area contributed by atoms with E-state index in [0.29, 0.717) is 21.8 Å². The van der Waals surface area contributed by atoms with Crippen LogP contribution in [0.1, 0.15) is 18.2 Å². The number of hydrogen-bond acceptors (Lipinski definition) is 5. The van der Waals surface area contributed by atoms with Crippen LogP contribution >= 0.6 is 11.3 Å². The first-order valence-electron chi connectivity index (χ1n) is 9.16. The molecule has 1 aliphatic heterocycles. The average Bonchev–Trinajstić information content (AvgIpc) is 3.27. The molecule has 160 valence electrons. The third kappa shape index (κ3) is 3.98. The number of ether oxygens (including phenoxy) is 1. The molecule has 1 N–H and O–H groups in total. The number of carbonyl (C=O) groups excluding carboxylic acids is 2. The van der Waals surface area contributed by atoms with E-state index in [-0.39, 0.29) is 12.3 Å². The number of urea groups is 1. The second kappa shape index (κ2) is 8.03. The van der Waals surface area contributed by atoms with Crippen molar-refractivity contribution in [3.8, 4) is 16.3 Å². The maximum atomic E-state index is 14.0. The van der Waals surface area contributed by atoms with Crippen molar-refractivity contribution in [3.63, 3.8) is 0 Å². The smallest absolute Gasteiger partial charge is 0.387 e. The molecule has 0 aliphatic carbocycles. The fourth-order valence-electron chi connectivity index (χ4n) is 3.31. The van der Waals surface area contributed by atoms with Crippen LogP contribution in [0.4, 0.5) is 18.0 Å². The van der Waals surface area contributed by atoms with E-state index < -0.39 is 29.9 Å². The molecule has 31 heavy (non-hydrogen) atoms. The van der Waals surface area contributed by atoms with Crippen LogP contribution in [0.25, 0.3) is 10.6 Å². The van der Waals surface area contributed by atoms with Gasteiger partial charge in [0.15, 0.2) is 0 Å². The predicted octanol–water partition coefficient (Wildman–Crippen LogP) is 4.52. The normalized spacial score (nSPS) is 18.5. The van der Waals surface area contributed by atoms with Crippen molar-refractivity contribution in [1.82, 2.24) is 15.2 Å². The summed E-state index contributed by atoms with van der Waals surface area (Å²) in [5, 5.41) is 4.74. The number of nitrogens with zero attached hydrogens (tertiary/aromatic N) is 2. The number of alkyl halides is 2. The number of imide groups is 1. The Kier molecular flexibility index (Phi) is 5.40. The Morgan fingerprint density at radius 3 is 2.55 bits per heavy atom. The first-order valence-corrected chi connectivity index (χ1v) is 10.0. The number of benzene rings is 2. The Labute approximate surface area is 179 Å². The number of carbonyl (C=O) groups is 2. The van der Waals surface area contributed by atoms with Crippen LogP contribution in [-0.2, 0) is 16.9 Å². The van der Waals surface area contributed by atoms with Gasteiger partial charge in [0.25, 0.3) is 5.91 Å². The van der Waals surface area contributed by atoms with E-state index in [2.05, 4.69) is 15.0 Å². The molecule has 3 amide bonds. The lowest BCUT2D eigenvalue weighted by molar-refractivity contribution is -0.131. The van der Waals surface area contributed by atoms with Gasteiger partial charge in [-0.1, -0.05) is 24.3 Å². The van der Waals surface area contributed by atoms with Crippen molar-refractivity contribution in [2.24, 2.45) is 0 Å². The maximum Gasteiger partial charge on any atom is 0.387 e. The maximum absolute atomic E-state index is 14.0. The Hall–Kier alpha value is -3.40. The second-order valence-corrected chi connectivity index (χ2v) is 7.83. The molecule has 0 bridgehead atoms. The Morgan fingerprint density at radius 2 is 1.87 bits per heavy atom. The summed E-state index contributed by atoms with van der Waals surface area (Å²) in [7, 11) is 0. The van der Waals surface area contributed by atoms with Gasteiger partial charge in [0.2, 0.25) is 0 Å². The minimum Gasteiger partial charge on any atom is -0.435 e. The number of nitrogens with one attached hydrogen (secondary N) is 1. The highest BCUT2D eigenvalue weighted by atomic mass is 32.1. The summed E-state index contributed by atoms with van der Waals surface area (Å²) in [5.74, 6) is -0.982. The van der Waals surface area contributed by atoms with Crippen LogP contribution < -0.4 is 10.1 Å². The Morgan fingerprint density at radius 1 is 1.16 bits per heavy atom. The zero-order valence-electron chi connectivity index (χ0n) is 16.1. The molecule has 0 saturated carbocycles. The third-order valence-electron chi connectivity index (χ3n) is 4.91. The highest BCUT2D eigenvalue weighted by Crippen LogP contribution is 2.32. The molecule has 3 aromatic rings. The number of aromatic nitrogens is 1. The number of thiazole rings is 1. The summed E-state index contributed by atoms with van der Waals surface area (Å²) >= 11 is 1.21. The lowest BCUT2D eigenvalue weighted by Gasteiger charge is -2.22. The summed E-state index contributed by atoms with van der Waals surface area (Å²) in [6, 6.07) is 11.1. The van der Waals surface area contributed by atoms with Crippen LogP contribution in [0.3, 0.4) is 0 Å². The summed E-state index contributed by atoms with van der Waals surface area (Å²) in [5.41, 5.74) is -0.172. The lowest BCUT2D eigenvalue weighted by Crippen LogP contribution is -2.40. The van der Waals surface area contributed by atoms with E-state index >= 15 is 0 Å². The van der Waals surface area contributed by atoms with Gasteiger partial charge in [-0.15, -0.1) is 11.3 Å². The van der Waals surface area contributed by atoms with E-state index in [4.69, 9.17) is 0 Å². The highest BCUT2D eigenvalue weighted by molar-refractivity contribution is 7.13. The van der Waals surface area contributed by atoms with Crippen LogP contribution in [0, 0.1) is 5.82 Å². The zero-order valence-corrected chi connectivity index (χ0v) is 17.0. The molecule has 1 aliphatic rings.